The Labute approximate surface area is 151 Å². The van der Waals surface area contributed by atoms with Crippen LogP contribution in [0.5, 0.6) is 5.75 Å². The first kappa shape index (κ1) is 19.5. The van der Waals surface area contributed by atoms with Crippen LogP contribution in [0.25, 0.3) is 10.9 Å². The van der Waals surface area contributed by atoms with Crippen LogP contribution in [0.1, 0.15) is 24.8 Å². The van der Waals surface area contributed by atoms with E-state index in [-0.39, 0.29) is 0 Å². The molecule has 7 nitrogen and oxygen atoms in total. The summed E-state index contributed by atoms with van der Waals surface area (Å²) in [6.07, 6.45) is 8.16. The van der Waals surface area contributed by atoms with Crippen molar-refractivity contribution >= 4 is 22.8 Å². The van der Waals surface area contributed by atoms with Gasteiger partial charge in [-0.3, -0.25) is 0 Å². The summed E-state index contributed by atoms with van der Waals surface area (Å²) in [5, 5.41) is 29.8. The van der Waals surface area contributed by atoms with Crippen molar-refractivity contribution in [3.05, 3.63) is 42.1 Å². The smallest absolute Gasteiger partial charge is 0.328 e. The number of nitrogens with one attached hydrogen (secondary N) is 2. The van der Waals surface area contributed by atoms with Gasteiger partial charge in [-0.15, -0.1) is 0 Å². The summed E-state index contributed by atoms with van der Waals surface area (Å²) < 4.78 is 0. The lowest BCUT2D eigenvalue weighted by Crippen LogP contribution is -2.27. The lowest BCUT2D eigenvalue weighted by atomic mass is 9.91. The third kappa shape index (κ3) is 6.25. The molecule has 0 radical (unpaired) electrons. The molecular weight excluding hydrogens is 336 g/mol. The molecule has 1 aliphatic heterocycles. The SMILES string of the molecule is O=C(O)/C=C/C(=O)O.Oc1ccc2[nH]cc(CCC3CCNCC3)c2c1. The fourth-order valence-electron chi connectivity index (χ4n) is 3.05. The number of rotatable bonds is 5. The molecule has 0 bridgehead atoms. The van der Waals surface area contributed by atoms with E-state index in [9.17, 15) is 14.7 Å². The number of aryl methyl sites for hydroxylation is 1. The Hall–Kier alpha value is -2.80. The first-order valence-electron chi connectivity index (χ1n) is 8.59. The number of carboxylic acids is 2. The molecule has 2 heterocycles. The van der Waals surface area contributed by atoms with Crippen molar-refractivity contribution in [1.29, 1.82) is 0 Å². The Kier molecular flexibility index (Phi) is 7.23. The summed E-state index contributed by atoms with van der Waals surface area (Å²) in [6.45, 7) is 2.33. The maximum Gasteiger partial charge on any atom is 0.328 e. The number of aromatic nitrogens is 1. The van der Waals surface area contributed by atoms with Gasteiger partial charge < -0.3 is 25.6 Å². The standard InChI is InChI=1S/C15H20N2O.C4H4O4/c18-13-3-4-15-14(9-13)12(10-17-15)2-1-11-5-7-16-8-6-11;5-3(6)1-2-4(7)8/h3-4,9-11,16-18H,1-2,5-8H2;1-2H,(H,5,6)(H,7,8)/b;2-1+. The number of hydrogen-bond acceptors (Lipinski definition) is 4. The highest BCUT2D eigenvalue weighted by Crippen LogP contribution is 2.26. The minimum atomic E-state index is -1.26. The van der Waals surface area contributed by atoms with Crippen molar-refractivity contribution < 1.29 is 24.9 Å². The summed E-state index contributed by atoms with van der Waals surface area (Å²) in [5.41, 5.74) is 2.45. The van der Waals surface area contributed by atoms with Crippen LogP contribution < -0.4 is 5.32 Å². The van der Waals surface area contributed by atoms with Crippen molar-refractivity contribution in [3.8, 4) is 5.75 Å². The Balaban J connectivity index is 0.000000260. The van der Waals surface area contributed by atoms with Gasteiger partial charge in [-0.2, -0.15) is 0 Å². The molecule has 0 saturated carbocycles. The van der Waals surface area contributed by atoms with Crippen LogP contribution in [0.3, 0.4) is 0 Å². The molecule has 0 aliphatic carbocycles. The van der Waals surface area contributed by atoms with Crippen molar-refractivity contribution in [3.63, 3.8) is 0 Å². The van der Waals surface area contributed by atoms with E-state index in [1.165, 1.54) is 43.3 Å². The van der Waals surface area contributed by atoms with Crippen LogP contribution in [0.2, 0.25) is 0 Å². The van der Waals surface area contributed by atoms with Crippen molar-refractivity contribution in [2.45, 2.75) is 25.7 Å². The van der Waals surface area contributed by atoms with Gasteiger partial charge in [-0.25, -0.2) is 9.59 Å². The molecule has 7 heteroatoms. The van der Waals surface area contributed by atoms with E-state index in [0.717, 1.165) is 17.9 Å². The fraction of sp³-hybridized carbons (Fsp3) is 0.368. The number of aliphatic carboxylic acids is 2. The largest absolute Gasteiger partial charge is 0.508 e. The van der Waals surface area contributed by atoms with E-state index in [4.69, 9.17) is 10.2 Å². The third-order valence-corrected chi connectivity index (χ3v) is 4.40. The van der Waals surface area contributed by atoms with Gasteiger partial charge in [0.1, 0.15) is 5.75 Å². The minimum absolute atomic E-state index is 0.352. The van der Waals surface area contributed by atoms with Crippen LogP contribution in [-0.4, -0.2) is 45.3 Å². The molecule has 2 aromatic rings. The average Bonchev–Trinajstić information content (AvgIpc) is 3.02. The number of piperidine rings is 1. The van der Waals surface area contributed by atoms with Crippen molar-refractivity contribution in [2.24, 2.45) is 5.92 Å². The summed E-state index contributed by atoms with van der Waals surface area (Å²) in [6, 6.07) is 5.54. The first-order chi connectivity index (χ1) is 12.5. The van der Waals surface area contributed by atoms with E-state index in [1.807, 2.05) is 12.1 Å². The molecule has 0 amide bonds. The predicted octanol–water partition coefficient (Wildman–Crippen LogP) is 2.52. The molecule has 0 spiro atoms. The second-order valence-corrected chi connectivity index (χ2v) is 6.29. The molecule has 1 aromatic heterocycles. The topological polar surface area (TPSA) is 123 Å². The number of carbonyl (C=O) groups is 2. The third-order valence-electron chi connectivity index (χ3n) is 4.40. The van der Waals surface area contributed by atoms with Gasteiger partial charge in [0, 0.05) is 29.3 Å². The van der Waals surface area contributed by atoms with E-state index >= 15 is 0 Å². The van der Waals surface area contributed by atoms with E-state index in [0.29, 0.717) is 17.9 Å². The molecule has 5 N–H and O–H groups in total. The summed E-state index contributed by atoms with van der Waals surface area (Å²) in [5.74, 6) is -1.31. The fourth-order valence-corrected chi connectivity index (χ4v) is 3.05. The second kappa shape index (κ2) is 9.62. The van der Waals surface area contributed by atoms with E-state index in [1.54, 1.807) is 6.07 Å². The maximum absolute atomic E-state index is 9.57. The average molecular weight is 360 g/mol. The number of aromatic amines is 1. The van der Waals surface area contributed by atoms with E-state index in [2.05, 4.69) is 16.5 Å². The van der Waals surface area contributed by atoms with Crippen LogP contribution in [0, 0.1) is 5.92 Å². The molecule has 1 fully saturated rings. The van der Waals surface area contributed by atoms with Gasteiger partial charge >= 0.3 is 11.9 Å². The molecule has 140 valence electrons. The van der Waals surface area contributed by atoms with Crippen LogP contribution >= 0.6 is 0 Å². The highest BCUT2D eigenvalue weighted by Gasteiger charge is 2.14. The minimum Gasteiger partial charge on any atom is -0.508 e. The van der Waals surface area contributed by atoms with Crippen LogP contribution in [-0.2, 0) is 16.0 Å². The Morgan fingerprint density at radius 2 is 1.77 bits per heavy atom. The first-order valence-corrected chi connectivity index (χ1v) is 8.59. The number of hydrogen-bond donors (Lipinski definition) is 5. The number of fused-ring (bicyclic) bond motifs is 1. The molecule has 0 unspecified atom stereocenters. The highest BCUT2D eigenvalue weighted by atomic mass is 16.4. The Morgan fingerprint density at radius 3 is 2.38 bits per heavy atom. The van der Waals surface area contributed by atoms with Gasteiger partial charge in [0.15, 0.2) is 0 Å². The summed E-state index contributed by atoms with van der Waals surface area (Å²) in [4.78, 5) is 22.4. The van der Waals surface area contributed by atoms with Gasteiger partial charge in [-0.05, 0) is 68.5 Å². The van der Waals surface area contributed by atoms with Crippen molar-refractivity contribution in [2.75, 3.05) is 13.1 Å². The number of benzene rings is 1. The lowest BCUT2D eigenvalue weighted by molar-refractivity contribution is -0.134. The molecular formula is C19H24N2O5. The number of H-pyrrole nitrogens is 1. The molecule has 0 atom stereocenters. The zero-order valence-corrected chi connectivity index (χ0v) is 14.4. The molecule has 1 aliphatic rings. The number of carboxylic acid groups (broad SMARTS) is 2. The zero-order chi connectivity index (χ0) is 18.9. The lowest BCUT2D eigenvalue weighted by Gasteiger charge is -2.22. The van der Waals surface area contributed by atoms with Gasteiger partial charge in [0.2, 0.25) is 0 Å². The highest BCUT2D eigenvalue weighted by molar-refractivity contribution is 5.89. The summed E-state index contributed by atoms with van der Waals surface area (Å²) >= 11 is 0. The number of phenols is 1. The van der Waals surface area contributed by atoms with Crippen LogP contribution in [0.4, 0.5) is 0 Å². The second-order valence-electron chi connectivity index (χ2n) is 6.29. The monoisotopic (exact) mass is 360 g/mol. The molecule has 3 rings (SSSR count). The quantitative estimate of drug-likeness (QED) is 0.522. The summed E-state index contributed by atoms with van der Waals surface area (Å²) in [7, 11) is 0. The zero-order valence-electron chi connectivity index (χ0n) is 14.4. The van der Waals surface area contributed by atoms with Gasteiger partial charge in [0.05, 0.1) is 0 Å². The van der Waals surface area contributed by atoms with Crippen LogP contribution in [0.15, 0.2) is 36.5 Å². The van der Waals surface area contributed by atoms with Crippen molar-refractivity contribution in [1.82, 2.24) is 10.3 Å². The molecule has 1 saturated heterocycles. The number of aromatic hydroxyl groups is 1. The maximum atomic E-state index is 9.57. The normalized spacial score (nSPS) is 14.9. The van der Waals surface area contributed by atoms with E-state index < -0.39 is 11.9 Å². The molecule has 1 aromatic carbocycles. The number of phenolic OH excluding ortho intramolecular Hbond substituents is 1. The Morgan fingerprint density at radius 1 is 1.12 bits per heavy atom. The Bertz CT molecular complexity index is 759. The molecule has 26 heavy (non-hydrogen) atoms. The van der Waals surface area contributed by atoms with Gasteiger partial charge in [-0.1, -0.05) is 0 Å². The van der Waals surface area contributed by atoms with Gasteiger partial charge in [0.25, 0.3) is 0 Å². The predicted molar refractivity (Wildman–Crippen MR) is 98.3 cm³/mol.